The number of fused-ring (bicyclic) bond motifs is 1. The van der Waals surface area contributed by atoms with Crippen LogP contribution in [0.1, 0.15) is 0 Å². The zero-order chi connectivity index (χ0) is 17.4. The van der Waals surface area contributed by atoms with Crippen LogP contribution in [0.3, 0.4) is 0 Å². The molecule has 0 aliphatic heterocycles. The fraction of sp³-hybridized carbons (Fsp3) is 0. The molecule has 124 valence electrons. The summed E-state index contributed by atoms with van der Waals surface area (Å²) in [6.07, 6.45) is 4.92. The second kappa shape index (κ2) is 6.14. The molecule has 0 saturated carbocycles. The van der Waals surface area contributed by atoms with Gasteiger partial charge in [0.25, 0.3) is 0 Å². The predicted molar refractivity (Wildman–Crippen MR) is 93.1 cm³/mol. The number of nitrogens with zero attached hydrogens (tertiary/aromatic N) is 3. The fourth-order valence-corrected chi connectivity index (χ4v) is 2.69. The van der Waals surface area contributed by atoms with Crippen molar-refractivity contribution >= 4 is 28.8 Å². The highest BCUT2D eigenvalue weighted by molar-refractivity contribution is 6.30. The van der Waals surface area contributed by atoms with Gasteiger partial charge in [-0.2, -0.15) is 0 Å². The molecule has 2 heterocycles. The summed E-state index contributed by atoms with van der Waals surface area (Å²) in [5, 5.41) is 3.17. The molecule has 0 saturated heterocycles. The zero-order valence-corrected chi connectivity index (χ0v) is 13.5. The average Bonchev–Trinajstić information content (AvgIpc) is 2.97. The molecule has 25 heavy (non-hydrogen) atoms. The lowest BCUT2D eigenvalue weighted by Crippen LogP contribution is -1.98. The first-order chi connectivity index (χ1) is 12.1. The van der Waals surface area contributed by atoms with Crippen LogP contribution in [0.4, 0.5) is 20.3 Å². The van der Waals surface area contributed by atoms with Crippen LogP contribution in [0.2, 0.25) is 5.02 Å². The molecule has 2 aromatic heterocycles. The molecule has 0 spiro atoms. The number of hydrogen-bond donors (Lipinski definition) is 1. The van der Waals surface area contributed by atoms with Crippen LogP contribution in [-0.4, -0.2) is 14.4 Å². The van der Waals surface area contributed by atoms with Gasteiger partial charge >= 0.3 is 0 Å². The van der Waals surface area contributed by atoms with Gasteiger partial charge < -0.3 is 5.32 Å². The quantitative estimate of drug-likeness (QED) is 0.557. The number of nitrogens with one attached hydrogen (secondary N) is 1. The largest absolute Gasteiger partial charge is 0.339 e. The van der Waals surface area contributed by atoms with Crippen LogP contribution < -0.4 is 5.32 Å². The van der Waals surface area contributed by atoms with Gasteiger partial charge in [0.1, 0.15) is 23.1 Å². The van der Waals surface area contributed by atoms with Gasteiger partial charge in [-0.3, -0.25) is 9.38 Å². The van der Waals surface area contributed by atoms with E-state index in [1.807, 2.05) is 0 Å². The Kier molecular flexibility index (Phi) is 3.82. The summed E-state index contributed by atoms with van der Waals surface area (Å²) in [5.41, 5.74) is 2.21. The highest BCUT2D eigenvalue weighted by Gasteiger charge is 2.15. The Labute approximate surface area is 146 Å². The Balaban J connectivity index is 1.88. The van der Waals surface area contributed by atoms with E-state index in [9.17, 15) is 8.78 Å². The standard InChI is InChI=1S/C18H11ClF2N4/c19-14-5-4-13(9-15(14)21)23-18-17(11-2-1-3-12(20)8-11)24-16-10-22-6-7-25(16)18/h1-10,23H. The van der Waals surface area contributed by atoms with Crippen LogP contribution in [0.15, 0.2) is 61.1 Å². The molecule has 0 amide bonds. The van der Waals surface area contributed by atoms with Gasteiger partial charge in [-0.05, 0) is 30.3 Å². The minimum atomic E-state index is -0.533. The first kappa shape index (κ1) is 15.5. The van der Waals surface area contributed by atoms with E-state index in [1.54, 1.807) is 41.2 Å². The van der Waals surface area contributed by atoms with Gasteiger partial charge in [-0.1, -0.05) is 23.7 Å². The van der Waals surface area contributed by atoms with Gasteiger partial charge in [0.05, 0.1) is 11.2 Å². The monoisotopic (exact) mass is 356 g/mol. The van der Waals surface area contributed by atoms with E-state index in [4.69, 9.17) is 11.6 Å². The molecule has 0 fully saturated rings. The Morgan fingerprint density at radius 3 is 2.76 bits per heavy atom. The average molecular weight is 357 g/mol. The molecule has 7 heteroatoms. The number of halogens is 3. The van der Waals surface area contributed by atoms with Crippen LogP contribution in [0.25, 0.3) is 16.9 Å². The second-order valence-electron chi connectivity index (χ2n) is 5.38. The van der Waals surface area contributed by atoms with Gasteiger partial charge in [0.2, 0.25) is 0 Å². The fourth-order valence-electron chi connectivity index (χ4n) is 2.57. The summed E-state index contributed by atoms with van der Waals surface area (Å²) >= 11 is 5.73. The first-order valence-corrected chi connectivity index (χ1v) is 7.80. The third-order valence-electron chi connectivity index (χ3n) is 3.71. The normalized spacial score (nSPS) is 11.0. The molecule has 0 unspecified atom stereocenters. The van der Waals surface area contributed by atoms with Crippen molar-refractivity contribution in [2.45, 2.75) is 0 Å². The van der Waals surface area contributed by atoms with Crippen molar-refractivity contribution in [3.05, 3.63) is 77.7 Å². The number of aromatic nitrogens is 3. The summed E-state index contributed by atoms with van der Waals surface area (Å²) < 4.78 is 29.1. The SMILES string of the molecule is Fc1cccc(-c2nc3cnccn3c2Nc2ccc(Cl)c(F)c2)c1. The summed E-state index contributed by atoms with van der Waals surface area (Å²) in [4.78, 5) is 8.56. The maximum atomic E-state index is 13.7. The van der Waals surface area contributed by atoms with Gasteiger partial charge in [-0.15, -0.1) is 0 Å². The van der Waals surface area contributed by atoms with Crippen molar-refractivity contribution in [3.63, 3.8) is 0 Å². The number of rotatable bonds is 3. The van der Waals surface area contributed by atoms with Crippen molar-refractivity contribution in [1.29, 1.82) is 0 Å². The van der Waals surface area contributed by atoms with Crippen molar-refractivity contribution in [3.8, 4) is 11.3 Å². The molecule has 0 aliphatic rings. The Morgan fingerprint density at radius 1 is 1.08 bits per heavy atom. The minimum absolute atomic E-state index is 0.0400. The van der Waals surface area contributed by atoms with Gasteiger partial charge in [0.15, 0.2) is 5.65 Å². The predicted octanol–water partition coefficient (Wildman–Crippen LogP) is 5.07. The van der Waals surface area contributed by atoms with Crippen LogP contribution >= 0.6 is 11.6 Å². The van der Waals surface area contributed by atoms with Crippen molar-refractivity contribution < 1.29 is 8.78 Å². The Morgan fingerprint density at radius 2 is 1.96 bits per heavy atom. The Hall–Kier alpha value is -2.99. The highest BCUT2D eigenvalue weighted by atomic mass is 35.5. The highest BCUT2D eigenvalue weighted by Crippen LogP contribution is 2.32. The summed E-state index contributed by atoms with van der Waals surface area (Å²) in [6.45, 7) is 0. The smallest absolute Gasteiger partial charge is 0.157 e. The van der Waals surface area contributed by atoms with E-state index in [1.165, 1.54) is 24.3 Å². The lowest BCUT2D eigenvalue weighted by Gasteiger charge is -2.09. The van der Waals surface area contributed by atoms with E-state index in [-0.39, 0.29) is 10.8 Å². The molecule has 2 aromatic carbocycles. The van der Waals surface area contributed by atoms with Gasteiger partial charge in [0, 0.05) is 23.6 Å². The van der Waals surface area contributed by atoms with E-state index < -0.39 is 5.82 Å². The zero-order valence-electron chi connectivity index (χ0n) is 12.7. The number of imidazole rings is 1. The second-order valence-corrected chi connectivity index (χ2v) is 5.78. The summed E-state index contributed by atoms with van der Waals surface area (Å²) in [6, 6.07) is 10.5. The molecule has 4 aromatic rings. The van der Waals surface area contributed by atoms with Crippen molar-refractivity contribution in [2.75, 3.05) is 5.32 Å². The molecular weight excluding hydrogens is 346 g/mol. The Bertz CT molecular complexity index is 1080. The molecule has 1 N–H and O–H groups in total. The number of hydrogen-bond acceptors (Lipinski definition) is 3. The van der Waals surface area contributed by atoms with Gasteiger partial charge in [-0.25, -0.2) is 13.8 Å². The molecular formula is C18H11ClF2N4. The molecule has 0 aliphatic carbocycles. The number of benzene rings is 2. The van der Waals surface area contributed by atoms with Crippen molar-refractivity contribution in [2.24, 2.45) is 0 Å². The molecule has 0 bridgehead atoms. The summed E-state index contributed by atoms with van der Waals surface area (Å²) in [5.74, 6) is -0.324. The topological polar surface area (TPSA) is 42.2 Å². The number of anilines is 2. The molecule has 0 atom stereocenters. The maximum Gasteiger partial charge on any atom is 0.157 e. The first-order valence-electron chi connectivity index (χ1n) is 7.42. The van der Waals surface area contributed by atoms with E-state index in [0.717, 1.165) is 0 Å². The molecule has 4 nitrogen and oxygen atoms in total. The van der Waals surface area contributed by atoms with Crippen LogP contribution in [0.5, 0.6) is 0 Å². The summed E-state index contributed by atoms with van der Waals surface area (Å²) in [7, 11) is 0. The van der Waals surface area contributed by atoms with Crippen molar-refractivity contribution in [1.82, 2.24) is 14.4 Å². The molecule has 0 radical (unpaired) electrons. The van der Waals surface area contributed by atoms with Crippen LogP contribution in [-0.2, 0) is 0 Å². The maximum absolute atomic E-state index is 13.7. The molecule has 4 rings (SSSR count). The minimum Gasteiger partial charge on any atom is -0.339 e. The van der Waals surface area contributed by atoms with E-state index >= 15 is 0 Å². The van der Waals surface area contributed by atoms with Crippen LogP contribution in [0, 0.1) is 11.6 Å². The van der Waals surface area contributed by atoms with E-state index in [2.05, 4.69) is 15.3 Å². The third-order valence-corrected chi connectivity index (χ3v) is 4.02. The lowest BCUT2D eigenvalue weighted by molar-refractivity contribution is 0.628. The third kappa shape index (κ3) is 2.92. The lowest BCUT2D eigenvalue weighted by atomic mass is 10.1. The van der Waals surface area contributed by atoms with E-state index in [0.29, 0.717) is 28.4 Å².